The van der Waals surface area contributed by atoms with Gasteiger partial charge in [-0.15, -0.1) is 0 Å². The zero-order chi connectivity index (χ0) is 15.2. The highest BCUT2D eigenvalue weighted by Gasteiger charge is 2.17. The van der Waals surface area contributed by atoms with Crippen molar-refractivity contribution in [3.8, 4) is 5.75 Å². The first-order valence-electron chi connectivity index (χ1n) is 6.35. The number of hydrogen-bond acceptors (Lipinski definition) is 6. The van der Waals surface area contributed by atoms with Gasteiger partial charge in [0.25, 0.3) is 0 Å². The van der Waals surface area contributed by atoms with Crippen LogP contribution in [0.3, 0.4) is 0 Å². The van der Waals surface area contributed by atoms with E-state index in [1.807, 2.05) is 31.2 Å². The van der Waals surface area contributed by atoms with E-state index in [2.05, 4.69) is 10.3 Å². The summed E-state index contributed by atoms with van der Waals surface area (Å²) in [4.78, 5) is 15.8. The van der Waals surface area contributed by atoms with E-state index in [-0.39, 0.29) is 5.69 Å². The summed E-state index contributed by atoms with van der Waals surface area (Å²) in [5.41, 5.74) is -0.00975. The number of nitrogens with zero attached hydrogens (tertiary/aromatic N) is 2. The minimum absolute atomic E-state index is 0.00975. The van der Waals surface area contributed by atoms with Crippen molar-refractivity contribution < 1.29 is 9.66 Å². The Morgan fingerprint density at radius 1 is 1.38 bits per heavy atom. The average Bonchev–Trinajstić information content (AvgIpc) is 2.48. The molecule has 1 aromatic heterocycles. The van der Waals surface area contributed by atoms with E-state index in [9.17, 15) is 10.1 Å². The second kappa shape index (κ2) is 6.94. The maximum absolute atomic E-state index is 11.1. The molecule has 0 aliphatic heterocycles. The van der Waals surface area contributed by atoms with Crippen molar-refractivity contribution >= 4 is 23.3 Å². The van der Waals surface area contributed by atoms with Crippen molar-refractivity contribution in [3.05, 3.63) is 46.5 Å². The van der Waals surface area contributed by atoms with Crippen LogP contribution in [0.5, 0.6) is 5.75 Å². The van der Waals surface area contributed by atoms with Gasteiger partial charge in [0.05, 0.1) is 12.0 Å². The molecule has 0 spiro atoms. The van der Waals surface area contributed by atoms with Crippen LogP contribution in [0.1, 0.15) is 6.92 Å². The standard InChI is InChI=1S/C14H15N3O3S/c1-3-15-13-8-7-12(17(18)19)14(16-13)21-11-6-4-5-10(9-11)20-2/h4-9H,3H2,1-2H3,(H,15,16). The van der Waals surface area contributed by atoms with Gasteiger partial charge in [-0.1, -0.05) is 17.8 Å². The fourth-order valence-electron chi connectivity index (χ4n) is 1.70. The van der Waals surface area contributed by atoms with Crippen molar-refractivity contribution in [1.82, 2.24) is 4.98 Å². The van der Waals surface area contributed by atoms with Crippen LogP contribution in [-0.4, -0.2) is 23.6 Å². The highest BCUT2D eigenvalue weighted by Crippen LogP contribution is 2.35. The summed E-state index contributed by atoms with van der Waals surface area (Å²) in [6.07, 6.45) is 0. The number of pyridine rings is 1. The molecule has 0 atom stereocenters. The molecular weight excluding hydrogens is 290 g/mol. The maximum atomic E-state index is 11.1. The Morgan fingerprint density at radius 3 is 2.86 bits per heavy atom. The molecule has 0 saturated carbocycles. The molecular formula is C14H15N3O3S. The summed E-state index contributed by atoms with van der Waals surface area (Å²) in [6, 6.07) is 10.4. The largest absolute Gasteiger partial charge is 0.497 e. The van der Waals surface area contributed by atoms with E-state index in [4.69, 9.17) is 4.74 Å². The molecule has 0 radical (unpaired) electrons. The van der Waals surface area contributed by atoms with Gasteiger partial charge >= 0.3 is 5.69 Å². The van der Waals surface area contributed by atoms with E-state index >= 15 is 0 Å². The number of benzene rings is 1. The third-order valence-electron chi connectivity index (χ3n) is 2.65. The van der Waals surface area contributed by atoms with Crippen LogP contribution in [0.15, 0.2) is 46.3 Å². The highest BCUT2D eigenvalue weighted by atomic mass is 32.2. The lowest BCUT2D eigenvalue weighted by Crippen LogP contribution is -2.01. The molecule has 0 aliphatic rings. The molecule has 2 rings (SSSR count). The molecule has 7 heteroatoms. The molecule has 6 nitrogen and oxygen atoms in total. The number of aromatic nitrogens is 1. The number of anilines is 1. The zero-order valence-corrected chi connectivity index (χ0v) is 12.5. The van der Waals surface area contributed by atoms with Gasteiger partial charge in [0.1, 0.15) is 11.6 Å². The van der Waals surface area contributed by atoms with Crippen LogP contribution in [-0.2, 0) is 0 Å². The van der Waals surface area contributed by atoms with Gasteiger partial charge in [-0.2, -0.15) is 0 Å². The highest BCUT2D eigenvalue weighted by molar-refractivity contribution is 7.99. The SMILES string of the molecule is CCNc1ccc([N+](=O)[O-])c(Sc2cccc(OC)c2)n1. The molecule has 110 valence electrons. The predicted octanol–water partition coefficient (Wildman–Crippen LogP) is 3.58. The monoisotopic (exact) mass is 305 g/mol. The number of nitro groups is 1. The van der Waals surface area contributed by atoms with Gasteiger partial charge in [0.15, 0.2) is 5.03 Å². The van der Waals surface area contributed by atoms with Gasteiger partial charge in [0, 0.05) is 17.5 Å². The Morgan fingerprint density at radius 2 is 2.19 bits per heavy atom. The van der Waals surface area contributed by atoms with Crippen molar-refractivity contribution in [3.63, 3.8) is 0 Å². The molecule has 0 unspecified atom stereocenters. The molecule has 0 saturated heterocycles. The normalized spacial score (nSPS) is 10.2. The van der Waals surface area contributed by atoms with Gasteiger partial charge in [-0.3, -0.25) is 10.1 Å². The average molecular weight is 305 g/mol. The van der Waals surface area contributed by atoms with Gasteiger partial charge in [-0.05, 0) is 31.2 Å². The number of nitrogens with one attached hydrogen (secondary N) is 1. The summed E-state index contributed by atoms with van der Waals surface area (Å²) in [7, 11) is 1.58. The molecule has 0 aliphatic carbocycles. The topological polar surface area (TPSA) is 77.3 Å². The fourth-order valence-corrected chi connectivity index (χ4v) is 2.64. The van der Waals surface area contributed by atoms with Gasteiger partial charge in [-0.25, -0.2) is 4.98 Å². The molecule has 0 fully saturated rings. The number of rotatable bonds is 6. The summed E-state index contributed by atoms with van der Waals surface area (Å²) in [5, 5.41) is 14.5. The van der Waals surface area contributed by atoms with Crippen LogP contribution in [0.4, 0.5) is 11.5 Å². The van der Waals surface area contributed by atoms with Crippen LogP contribution in [0.25, 0.3) is 0 Å². The van der Waals surface area contributed by atoms with Crippen molar-refractivity contribution in [2.45, 2.75) is 16.8 Å². The molecule has 21 heavy (non-hydrogen) atoms. The van der Waals surface area contributed by atoms with E-state index in [1.165, 1.54) is 17.8 Å². The van der Waals surface area contributed by atoms with Gasteiger partial charge in [0.2, 0.25) is 0 Å². The minimum atomic E-state index is -0.425. The first-order chi connectivity index (χ1) is 10.1. The Kier molecular flexibility index (Phi) is 4.99. The summed E-state index contributed by atoms with van der Waals surface area (Å²) in [5.74, 6) is 1.32. The Balaban J connectivity index is 2.35. The van der Waals surface area contributed by atoms with E-state index in [0.717, 1.165) is 4.90 Å². The fraction of sp³-hybridized carbons (Fsp3) is 0.214. The lowest BCUT2D eigenvalue weighted by Gasteiger charge is -2.07. The minimum Gasteiger partial charge on any atom is -0.497 e. The smallest absolute Gasteiger partial charge is 0.301 e. The molecule has 0 amide bonds. The Hall–Kier alpha value is -2.28. The lowest BCUT2D eigenvalue weighted by molar-refractivity contribution is -0.388. The zero-order valence-electron chi connectivity index (χ0n) is 11.7. The summed E-state index contributed by atoms with van der Waals surface area (Å²) < 4.78 is 5.15. The summed E-state index contributed by atoms with van der Waals surface area (Å²) in [6.45, 7) is 2.64. The van der Waals surface area contributed by atoms with Gasteiger partial charge < -0.3 is 10.1 Å². The Bertz CT molecular complexity index is 649. The first-order valence-corrected chi connectivity index (χ1v) is 7.17. The van der Waals surface area contributed by atoms with Crippen LogP contribution in [0.2, 0.25) is 0 Å². The Labute approximate surface area is 126 Å². The predicted molar refractivity (Wildman–Crippen MR) is 82.2 cm³/mol. The molecule has 0 bridgehead atoms. The molecule has 1 N–H and O–H groups in total. The van der Waals surface area contributed by atoms with Crippen molar-refractivity contribution in [2.75, 3.05) is 19.0 Å². The van der Waals surface area contributed by atoms with E-state index in [1.54, 1.807) is 13.2 Å². The van der Waals surface area contributed by atoms with E-state index in [0.29, 0.717) is 23.1 Å². The van der Waals surface area contributed by atoms with Crippen LogP contribution in [0, 0.1) is 10.1 Å². The number of methoxy groups -OCH3 is 1. The quantitative estimate of drug-likeness (QED) is 0.649. The third kappa shape index (κ3) is 3.85. The second-order valence-corrected chi connectivity index (χ2v) is 5.15. The van der Waals surface area contributed by atoms with E-state index < -0.39 is 4.92 Å². The maximum Gasteiger partial charge on any atom is 0.301 e. The van der Waals surface area contributed by atoms with Crippen LogP contribution >= 0.6 is 11.8 Å². The lowest BCUT2D eigenvalue weighted by atomic mass is 10.3. The first kappa shape index (κ1) is 15.1. The van der Waals surface area contributed by atoms with Crippen molar-refractivity contribution in [2.24, 2.45) is 0 Å². The third-order valence-corrected chi connectivity index (χ3v) is 3.63. The number of hydrogen-bond donors (Lipinski definition) is 1. The molecule has 2 aromatic rings. The summed E-state index contributed by atoms with van der Waals surface area (Å²) >= 11 is 1.24. The van der Waals surface area contributed by atoms with Crippen molar-refractivity contribution in [1.29, 1.82) is 0 Å². The van der Waals surface area contributed by atoms with Crippen LogP contribution < -0.4 is 10.1 Å². The molecule has 1 aromatic carbocycles. The second-order valence-electron chi connectivity index (χ2n) is 4.09. The number of ether oxygens (including phenoxy) is 1. The molecule has 1 heterocycles.